The zero-order valence-electron chi connectivity index (χ0n) is 12.6. The molecule has 1 aliphatic heterocycles. The number of hydrogen-bond donors (Lipinski definition) is 1. The first-order chi connectivity index (χ1) is 8.73. The SMILES string of the molecule is [B]C1(N)CC(C)(C)CCCCC2C1CCC(=O)N2C. The lowest BCUT2D eigenvalue weighted by Gasteiger charge is -2.48. The van der Waals surface area contributed by atoms with Crippen LogP contribution >= 0.6 is 0 Å². The van der Waals surface area contributed by atoms with Gasteiger partial charge >= 0.3 is 0 Å². The van der Waals surface area contributed by atoms with Crippen LogP contribution in [-0.4, -0.2) is 37.2 Å². The molecule has 4 heteroatoms. The number of likely N-dealkylation sites (tertiary alicyclic amines) is 1. The first kappa shape index (κ1) is 14.9. The third-order valence-electron chi connectivity index (χ3n) is 5.10. The molecule has 0 spiro atoms. The fourth-order valence-corrected chi connectivity index (χ4v) is 4.13. The quantitative estimate of drug-likeness (QED) is 0.679. The van der Waals surface area contributed by atoms with E-state index >= 15 is 0 Å². The van der Waals surface area contributed by atoms with Crippen molar-refractivity contribution >= 4 is 13.8 Å². The van der Waals surface area contributed by atoms with Gasteiger partial charge in [0.25, 0.3) is 0 Å². The lowest BCUT2D eigenvalue weighted by molar-refractivity contribution is -0.137. The van der Waals surface area contributed by atoms with E-state index in [0.717, 1.165) is 25.7 Å². The first-order valence-corrected chi connectivity index (χ1v) is 7.56. The van der Waals surface area contributed by atoms with Crippen molar-refractivity contribution in [3.05, 3.63) is 0 Å². The minimum Gasteiger partial charge on any atom is -0.342 e. The fraction of sp³-hybridized carbons (Fsp3) is 0.933. The first-order valence-electron chi connectivity index (χ1n) is 7.56. The van der Waals surface area contributed by atoms with Crippen molar-refractivity contribution in [3.63, 3.8) is 0 Å². The van der Waals surface area contributed by atoms with Crippen LogP contribution in [-0.2, 0) is 4.79 Å². The van der Waals surface area contributed by atoms with E-state index in [1.54, 1.807) is 0 Å². The number of carbonyl (C=O) groups is 1. The minimum absolute atomic E-state index is 0.193. The molecule has 0 aromatic heterocycles. The van der Waals surface area contributed by atoms with Crippen LogP contribution < -0.4 is 5.73 Å². The molecule has 106 valence electrons. The van der Waals surface area contributed by atoms with Crippen molar-refractivity contribution in [1.82, 2.24) is 4.90 Å². The van der Waals surface area contributed by atoms with Crippen molar-refractivity contribution in [3.8, 4) is 0 Å². The van der Waals surface area contributed by atoms with E-state index < -0.39 is 5.44 Å². The summed E-state index contributed by atoms with van der Waals surface area (Å²) in [6.45, 7) is 4.53. The molecule has 1 amide bonds. The van der Waals surface area contributed by atoms with E-state index in [4.69, 9.17) is 13.6 Å². The van der Waals surface area contributed by atoms with Crippen LogP contribution in [0.2, 0.25) is 0 Å². The zero-order chi connectivity index (χ0) is 14.3. The van der Waals surface area contributed by atoms with Crippen LogP contribution in [0.3, 0.4) is 0 Å². The monoisotopic (exact) mass is 262 g/mol. The molecule has 2 rings (SSSR count). The molecule has 2 aliphatic rings. The van der Waals surface area contributed by atoms with E-state index in [1.165, 1.54) is 12.8 Å². The van der Waals surface area contributed by atoms with E-state index in [1.807, 2.05) is 11.9 Å². The van der Waals surface area contributed by atoms with Crippen LogP contribution in [0, 0.1) is 11.3 Å². The highest BCUT2D eigenvalue weighted by Gasteiger charge is 2.44. The minimum atomic E-state index is -0.659. The summed E-state index contributed by atoms with van der Waals surface area (Å²) in [5.41, 5.74) is 6.03. The maximum absolute atomic E-state index is 11.9. The van der Waals surface area contributed by atoms with E-state index in [0.29, 0.717) is 6.42 Å². The fourth-order valence-electron chi connectivity index (χ4n) is 4.13. The molecule has 1 saturated carbocycles. The number of nitrogens with zero attached hydrogens (tertiary/aromatic N) is 1. The molecule has 3 atom stereocenters. The van der Waals surface area contributed by atoms with Crippen LogP contribution in [0.5, 0.6) is 0 Å². The maximum atomic E-state index is 11.9. The molecule has 3 unspecified atom stereocenters. The summed E-state index contributed by atoms with van der Waals surface area (Å²) in [4.78, 5) is 13.8. The van der Waals surface area contributed by atoms with Gasteiger partial charge in [0.15, 0.2) is 0 Å². The standard InChI is InChI=1S/C15H27BN2O/c1-14(2)9-5-4-6-12-11(15(16,17)10-14)7-8-13(19)18(12)3/h11-12H,4-10,17H2,1-3H3. The highest BCUT2D eigenvalue weighted by molar-refractivity contribution is 6.15. The lowest BCUT2D eigenvalue weighted by atomic mass is 9.57. The summed E-state index contributed by atoms with van der Waals surface area (Å²) >= 11 is 0. The van der Waals surface area contributed by atoms with Gasteiger partial charge < -0.3 is 10.6 Å². The number of rotatable bonds is 0. The molecule has 2 N–H and O–H groups in total. The van der Waals surface area contributed by atoms with Gasteiger partial charge in [-0.1, -0.05) is 26.7 Å². The summed E-state index contributed by atoms with van der Waals surface area (Å²) in [6, 6.07) is 0.227. The number of piperidine rings is 1. The molecule has 0 aromatic rings. The second kappa shape index (κ2) is 5.12. The maximum Gasteiger partial charge on any atom is 0.222 e. The predicted octanol–water partition coefficient (Wildman–Crippen LogP) is 2.04. The van der Waals surface area contributed by atoms with Crippen LogP contribution in [0.4, 0.5) is 0 Å². The molecule has 0 aromatic carbocycles. The molecule has 0 bridgehead atoms. The van der Waals surface area contributed by atoms with Gasteiger partial charge in [0, 0.05) is 19.5 Å². The average molecular weight is 262 g/mol. The molecule has 2 radical (unpaired) electrons. The molecule has 2 fully saturated rings. The van der Waals surface area contributed by atoms with Gasteiger partial charge in [-0.15, -0.1) is 0 Å². The highest BCUT2D eigenvalue weighted by Crippen LogP contribution is 2.41. The third kappa shape index (κ3) is 3.15. The Labute approximate surface area is 118 Å². The molecular weight excluding hydrogens is 235 g/mol. The Balaban J connectivity index is 2.27. The van der Waals surface area contributed by atoms with Crippen molar-refractivity contribution in [2.24, 2.45) is 17.1 Å². The van der Waals surface area contributed by atoms with Crippen LogP contribution in [0.1, 0.15) is 58.8 Å². The average Bonchev–Trinajstić information content (AvgIpc) is 2.31. The van der Waals surface area contributed by atoms with Crippen molar-refractivity contribution in [2.75, 3.05) is 7.05 Å². The third-order valence-corrected chi connectivity index (χ3v) is 5.10. The van der Waals surface area contributed by atoms with E-state index in [2.05, 4.69) is 13.8 Å². The van der Waals surface area contributed by atoms with Crippen molar-refractivity contribution in [1.29, 1.82) is 0 Å². The predicted molar refractivity (Wildman–Crippen MR) is 78.8 cm³/mol. The van der Waals surface area contributed by atoms with Gasteiger partial charge in [-0.2, -0.15) is 0 Å². The smallest absolute Gasteiger partial charge is 0.222 e. The van der Waals surface area contributed by atoms with Gasteiger partial charge in [-0.25, -0.2) is 0 Å². The molecule has 1 aliphatic carbocycles. The van der Waals surface area contributed by atoms with Crippen molar-refractivity contribution in [2.45, 2.75) is 70.3 Å². The van der Waals surface area contributed by atoms with Gasteiger partial charge in [-0.3, -0.25) is 4.79 Å². The highest BCUT2D eigenvalue weighted by atomic mass is 16.2. The molecule has 19 heavy (non-hydrogen) atoms. The number of nitrogens with two attached hydrogens (primary N) is 1. The number of hydrogen-bond acceptors (Lipinski definition) is 2. The Morgan fingerprint density at radius 3 is 2.68 bits per heavy atom. The lowest BCUT2D eigenvalue weighted by Crippen LogP contribution is -2.60. The Morgan fingerprint density at radius 2 is 2.00 bits per heavy atom. The molecule has 1 saturated heterocycles. The van der Waals surface area contributed by atoms with Gasteiger partial charge in [0.1, 0.15) is 0 Å². The number of fused-ring (bicyclic) bond motifs is 1. The topological polar surface area (TPSA) is 46.3 Å². The van der Waals surface area contributed by atoms with Gasteiger partial charge in [0.2, 0.25) is 5.91 Å². The van der Waals surface area contributed by atoms with Gasteiger partial charge in [-0.05, 0) is 42.5 Å². The zero-order valence-corrected chi connectivity index (χ0v) is 12.6. The van der Waals surface area contributed by atoms with Crippen molar-refractivity contribution < 1.29 is 4.79 Å². The molecule has 1 heterocycles. The van der Waals surface area contributed by atoms with Gasteiger partial charge in [0.05, 0.1) is 7.85 Å². The Morgan fingerprint density at radius 1 is 1.32 bits per heavy atom. The Bertz CT molecular complexity index is 354. The second-order valence-corrected chi connectivity index (χ2v) is 7.42. The largest absolute Gasteiger partial charge is 0.342 e. The number of carbonyl (C=O) groups excluding carboxylic acids is 1. The van der Waals surface area contributed by atoms with Crippen LogP contribution in [0.25, 0.3) is 0 Å². The summed E-state index contributed by atoms with van der Waals surface area (Å²) < 4.78 is 0. The van der Waals surface area contributed by atoms with E-state index in [-0.39, 0.29) is 23.3 Å². The second-order valence-electron chi connectivity index (χ2n) is 7.42. The summed E-state index contributed by atoms with van der Waals surface area (Å²) in [7, 11) is 8.41. The Hall–Kier alpha value is -0.505. The summed E-state index contributed by atoms with van der Waals surface area (Å²) in [5, 5.41) is 0. The summed E-state index contributed by atoms with van der Waals surface area (Å²) in [5.74, 6) is 0.475. The normalized spacial score (nSPS) is 40.0. The Kier molecular flexibility index (Phi) is 4.01. The van der Waals surface area contributed by atoms with E-state index in [9.17, 15) is 4.79 Å². The number of amides is 1. The van der Waals surface area contributed by atoms with Crippen LogP contribution in [0.15, 0.2) is 0 Å². The summed E-state index contributed by atoms with van der Waals surface area (Å²) in [6.07, 6.45) is 6.85. The molecule has 3 nitrogen and oxygen atoms in total. The molecular formula is C15H27BN2O.